The molecule has 0 saturated carbocycles. The van der Waals surface area contributed by atoms with E-state index in [1.54, 1.807) is 0 Å². The van der Waals surface area contributed by atoms with E-state index in [4.69, 9.17) is 4.42 Å². The minimum atomic E-state index is -0.759. The number of carbonyl (C=O) groups is 1. The third kappa shape index (κ3) is 2.10. The summed E-state index contributed by atoms with van der Waals surface area (Å²) in [7, 11) is 1.87. The molecule has 3 rings (SSSR count). The van der Waals surface area contributed by atoms with Crippen LogP contribution < -0.4 is 0 Å². The van der Waals surface area contributed by atoms with Crippen molar-refractivity contribution in [3.8, 4) is 0 Å². The van der Waals surface area contributed by atoms with E-state index < -0.39 is 12.0 Å². The Kier molecular flexibility index (Phi) is 2.98. The third-order valence-corrected chi connectivity index (χ3v) is 3.92. The first-order valence-corrected chi connectivity index (χ1v) is 6.43. The highest BCUT2D eigenvalue weighted by atomic mass is 16.4. The Morgan fingerprint density at radius 2 is 2.37 bits per heavy atom. The maximum atomic E-state index is 11.5. The van der Waals surface area contributed by atoms with Crippen molar-refractivity contribution in [1.29, 1.82) is 0 Å². The lowest BCUT2D eigenvalue weighted by molar-refractivity contribution is -0.144. The quantitative estimate of drug-likeness (QED) is 0.895. The molecule has 100 valence electrons. The molecule has 1 aromatic heterocycles. The van der Waals surface area contributed by atoms with Gasteiger partial charge in [-0.15, -0.1) is 0 Å². The Balaban J connectivity index is 2.00. The van der Waals surface area contributed by atoms with Gasteiger partial charge in [0.05, 0.1) is 0 Å². The molecule has 2 aromatic rings. The largest absolute Gasteiger partial charge is 0.480 e. The molecule has 1 aromatic carbocycles. The number of carboxylic acid groups (broad SMARTS) is 1. The van der Waals surface area contributed by atoms with Crippen molar-refractivity contribution in [3.05, 3.63) is 30.2 Å². The monoisotopic (exact) mass is 260 g/mol. The van der Waals surface area contributed by atoms with E-state index in [0.717, 1.165) is 36.0 Å². The zero-order valence-corrected chi connectivity index (χ0v) is 10.7. The second-order valence-corrected chi connectivity index (χ2v) is 5.09. The zero-order valence-electron chi connectivity index (χ0n) is 10.7. The summed E-state index contributed by atoms with van der Waals surface area (Å²) < 4.78 is 5.30. The lowest BCUT2D eigenvalue weighted by Crippen LogP contribution is -2.46. The maximum Gasteiger partial charge on any atom is 0.321 e. The third-order valence-electron chi connectivity index (χ3n) is 3.92. The molecule has 1 aliphatic heterocycles. The van der Waals surface area contributed by atoms with Crippen molar-refractivity contribution >= 4 is 17.1 Å². The molecule has 0 radical (unpaired) electrons. The van der Waals surface area contributed by atoms with Crippen LogP contribution in [0, 0.1) is 0 Å². The van der Waals surface area contributed by atoms with Crippen LogP contribution in [0.1, 0.15) is 24.3 Å². The number of oxazole rings is 1. The van der Waals surface area contributed by atoms with Crippen LogP contribution in [-0.4, -0.2) is 40.6 Å². The van der Waals surface area contributed by atoms with Gasteiger partial charge >= 0.3 is 5.97 Å². The van der Waals surface area contributed by atoms with Crippen molar-refractivity contribution < 1.29 is 14.3 Å². The SMILES string of the molecule is CN1CCCC(c2ccc3ncoc3c2)C1C(=O)O. The number of rotatable bonds is 2. The summed E-state index contributed by atoms with van der Waals surface area (Å²) in [6.07, 6.45) is 3.32. The second kappa shape index (κ2) is 4.66. The number of fused-ring (bicyclic) bond motifs is 1. The molecule has 1 saturated heterocycles. The fourth-order valence-electron chi connectivity index (χ4n) is 2.98. The van der Waals surface area contributed by atoms with Crippen molar-refractivity contribution in [1.82, 2.24) is 9.88 Å². The number of likely N-dealkylation sites (N-methyl/N-ethyl adjacent to an activating group) is 1. The van der Waals surface area contributed by atoms with Crippen LogP contribution in [0.4, 0.5) is 0 Å². The van der Waals surface area contributed by atoms with Gasteiger partial charge in [0.2, 0.25) is 0 Å². The molecule has 2 unspecified atom stereocenters. The standard InChI is InChI=1S/C14H16N2O3/c1-16-6-2-3-10(13(16)14(17)18)9-4-5-11-12(7-9)19-8-15-11/h4-5,7-8,10,13H,2-3,6H2,1H3,(H,17,18). The van der Waals surface area contributed by atoms with E-state index in [-0.39, 0.29) is 5.92 Å². The second-order valence-electron chi connectivity index (χ2n) is 5.09. The topological polar surface area (TPSA) is 66.6 Å². The van der Waals surface area contributed by atoms with Gasteiger partial charge in [0.25, 0.3) is 0 Å². The molecule has 5 nitrogen and oxygen atoms in total. The van der Waals surface area contributed by atoms with Gasteiger partial charge in [-0.05, 0) is 44.1 Å². The van der Waals surface area contributed by atoms with Crippen molar-refractivity contribution in [3.63, 3.8) is 0 Å². The first-order valence-electron chi connectivity index (χ1n) is 6.43. The molecule has 1 aliphatic rings. The van der Waals surface area contributed by atoms with E-state index >= 15 is 0 Å². The highest BCUT2D eigenvalue weighted by Gasteiger charge is 2.35. The lowest BCUT2D eigenvalue weighted by Gasteiger charge is -2.36. The van der Waals surface area contributed by atoms with Crippen molar-refractivity contribution in [2.45, 2.75) is 24.8 Å². The summed E-state index contributed by atoms with van der Waals surface area (Å²) in [5, 5.41) is 9.44. The Hall–Kier alpha value is -1.88. The summed E-state index contributed by atoms with van der Waals surface area (Å²) in [5.41, 5.74) is 2.54. The van der Waals surface area contributed by atoms with Gasteiger partial charge in [0.1, 0.15) is 11.6 Å². The molecule has 2 atom stereocenters. The Bertz CT molecular complexity index is 608. The van der Waals surface area contributed by atoms with Gasteiger partial charge in [0.15, 0.2) is 12.0 Å². The van der Waals surface area contributed by atoms with Gasteiger partial charge in [-0.2, -0.15) is 0 Å². The summed E-state index contributed by atoms with van der Waals surface area (Å²) in [6.45, 7) is 0.831. The minimum Gasteiger partial charge on any atom is -0.480 e. The molecular formula is C14H16N2O3. The molecule has 0 aliphatic carbocycles. The first-order chi connectivity index (χ1) is 9.16. The van der Waals surface area contributed by atoms with E-state index in [1.165, 1.54) is 6.39 Å². The molecule has 1 N–H and O–H groups in total. The summed E-state index contributed by atoms with van der Waals surface area (Å²) in [5.74, 6) is -0.754. The number of aromatic nitrogens is 1. The Labute approximate surface area is 110 Å². The number of hydrogen-bond donors (Lipinski definition) is 1. The fraction of sp³-hybridized carbons (Fsp3) is 0.429. The van der Waals surface area contributed by atoms with Crippen LogP contribution in [0.3, 0.4) is 0 Å². The first kappa shape index (κ1) is 12.2. The predicted molar refractivity (Wildman–Crippen MR) is 70.0 cm³/mol. The zero-order chi connectivity index (χ0) is 13.4. The summed E-state index contributed by atoms with van der Waals surface area (Å²) in [6, 6.07) is 5.31. The van der Waals surface area contributed by atoms with E-state index in [9.17, 15) is 9.90 Å². The average molecular weight is 260 g/mol. The lowest BCUT2D eigenvalue weighted by atomic mass is 9.83. The van der Waals surface area contributed by atoms with Crippen LogP contribution in [0.2, 0.25) is 0 Å². The maximum absolute atomic E-state index is 11.5. The molecule has 19 heavy (non-hydrogen) atoms. The Morgan fingerprint density at radius 3 is 3.16 bits per heavy atom. The predicted octanol–water partition coefficient (Wildman–Crippen LogP) is 2.09. The average Bonchev–Trinajstić information content (AvgIpc) is 2.85. The van der Waals surface area contributed by atoms with E-state index in [1.807, 2.05) is 30.1 Å². The van der Waals surface area contributed by atoms with E-state index in [2.05, 4.69) is 4.98 Å². The van der Waals surface area contributed by atoms with Crippen LogP contribution in [0.5, 0.6) is 0 Å². The number of piperidine rings is 1. The van der Waals surface area contributed by atoms with Gasteiger partial charge in [-0.1, -0.05) is 6.07 Å². The number of hydrogen-bond acceptors (Lipinski definition) is 4. The van der Waals surface area contributed by atoms with Crippen LogP contribution in [-0.2, 0) is 4.79 Å². The summed E-state index contributed by atoms with van der Waals surface area (Å²) >= 11 is 0. The number of carboxylic acids is 1. The molecule has 0 amide bonds. The smallest absolute Gasteiger partial charge is 0.321 e. The molecule has 0 bridgehead atoms. The van der Waals surface area contributed by atoms with Gasteiger partial charge in [0, 0.05) is 5.92 Å². The molecule has 0 spiro atoms. The molecule has 2 heterocycles. The van der Waals surface area contributed by atoms with Gasteiger partial charge < -0.3 is 9.52 Å². The van der Waals surface area contributed by atoms with Crippen LogP contribution >= 0.6 is 0 Å². The number of nitrogens with zero attached hydrogens (tertiary/aromatic N) is 2. The molecule has 1 fully saturated rings. The summed E-state index contributed by atoms with van der Waals surface area (Å²) in [4.78, 5) is 17.5. The number of aliphatic carboxylic acids is 1. The van der Waals surface area contributed by atoms with Crippen molar-refractivity contribution in [2.75, 3.05) is 13.6 Å². The van der Waals surface area contributed by atoms with Crippen LogP contribution in [0.25, 0.3) is 11.1 Å². The van der Waals surface area contributed by atoms with Gasteiger partial charge in [-0.3, -0.25) is 9.69 Å². The fourth-order valence-corrected chi connectivity index (χ4v) is 2.98. The highest BCUT2D eigenvalue weighted by molar-refractivity contribution is 5.77. The minimum absolute atomic E-state index is 0.00532. The number of benzene rings is 1. The van der Waals surface area contributed by atoms with E-state index in [0.29, 0.717) is 0 Å². The number of likely N-dealkylation sites (tertiary alicyclic amines) is 1. The van der Waals surface area contributed by atoms with Gasteiger partial charge in [-0.25, -0.2) is 4.98 Å². The van der Waals surface area contributed by atoms with Crippen molar-refractivity contribution in [2.24, 2.45) is 0 Å². The highest BCUT2D eigenvalue weighted by Crippen LogP contribution is 2.33. The van der Waals surface area contributed by atoms with Crippen LogP contribution in [0.15, 0.2) is 29.0 Å². The normalized spacial score (nSPS) is 24.7. The molecular weight excluding hydrogens is 244 g/mol. The Morgan fingerprint density at radius 1 is 1.53 bits per heavy atom. The molecule has 5 heteroatoms.